The number of methoxy groups -OCH3 is 1. The van der Waals surface area contributed by atoms with Gasteiger partial charge >= 0.3 is 5.97 Å². The molecule has 0 saturated carbocycles. The second-order valence-corrected chi connectivity index (χ2v) is 7.62. The molecule has 3 rings (SSSR count). The standard InChI is InChI=1S/C24H24N2O6S/c1-3-31-24(29)22-19(16-6-8-17(30-2)9-7-16)15-33-23(22)26-21(28)12-13-25-20(27)11-10-18-5-4-14-32-18/h4-11,14-15H,3,12-13H2,1-2H3,(H,25,27)(H,26,28)/b11-10+. The fourth-order valence-electron chi connectivity index (χ4n) is 2.93. The summed E-state index contributed by atoms with van der Waals surface area (Å²) >= 11 is 1.24. The van der Waals surface area contributed by atoms with Crippen LogP contribution in [0.15, 0.2) is 58.5 Å². The van der Waals surface area contributed by atoms with E-state index in [1.54, 1.807) is 43.7 Å². The average molecular weight is 469 g/mol. The number of amides is 2. The maximum Gasteiger partial charge on any atom is 0.341 e. The molecule has 0 aliphatic heterocycles. The molecule has 0 unspecified atom stereocenters. The monoisotopic (exact) mass is 468 g/mol. The predicted octanol–water partition coefficient (Wildman–Crippen LogP) is 4.35. The third-order valence-corrected chi connectivity index (χ3v) is 5.41. The van der Waals surface area contributed by atoms with E-state index in [1.807, 2.05) is 12.1 Å². The molecule has 1 aromatic carbocycles. The number of furan rings is 1. The van der Waals surface area contributed by atoms with Crippen molar-refractivity contribution in [1.29, 1.82) is 0 Å². The van der Waals surface area contributed by atoms with E-state index >= 15 is 0 Å². The number of benzene rings is 1. The van der Waals surface area contributed by atoms with Crippen LogP contribution in [0.4, 0.5) is 5.00 Å². The summed E-state index contributed by atoms with van der Waals surface area (Å²) in [7, 11) is 1.58. The number of thiophene rings is 1. The Bertz CT molecular complexity index is 1120. The molecule has 9 heteroatoms. The van der Waals surface area contributed by atoms with Crippen molar-refractivity contribution in [3.8, 4) is 16.9 Å². The molecular formula is C24H24N2O6S. The Hall–Kier alpha value is -3.85. The van der Waals surface area contributed by atoms with Crippen LogP contribution in [-0.4, -0.2) is 38.0 Å². The van der Waals surface area contributed by atoms with Gasteiger partial charge in [0.25, 0.3) is 0 Å². The molecule has 172 valence electrons. The zero-order valence-corrected chi connectivity index (χ0v) is 19.1. The topological polar surface area (TPSA) is 107 Å². The van der Waals surface area contributed by atoms with E-state index in [9.17, 15) is 14.4 Å². The van der Waals surface area contributed by atoms with Gasteiger partial charge in [-0.2, -0.15) is 0 Å². The lowest BCUT2D eigenvalue weighted by Crippen LogP contribution is -2.26. The van der Waals surface area contributed by atoms with E-state index in [2.05, 4.69) is 10.6 Å². The number of esters is 1. The Morgan fingerprint density at radius 3 is 2.61 bits per heavy atom. The molecule has 0 spiro atoms. The van der Waals surface area contributed by atoms with Crippen LogP contribution in [-0.2, 0) is 14.3 Å². The van der Waals surface area contributed by atoms with Crippen LogP contribution in [0.3, 0.4) is 0 Å². The van der Waals surface area contributed by atoms with E-state index < -0.39 is 5.97 Å². The van der Waals surface area contributed by atoms with Crippen molar-refractivity contribution in [1.82, 2.24) is 5.32 Å². The average Bonchev–Trinajstić information content (AvgIpc) is 3.48. The highest BCUT2D eigenvalue weighted by Crippen LogP contribution is 2.36. The molecule has 0 aliphatic rings. The number of ether oxygens (including phenoxy) is 2. The Morgan fingerprint density at radius 2 is 1.94 bits per heavy atom. The molecule has 3 aromatic rings. The van der Waals surface area contributed by atoms with Crippen LogP contribution >= 0.6 is 11.3 Å². The molecule has 2 N–H and O–H groups in total. The third-order valence-electron chi connectivity index (χ3n) is 4.52. The summed E-state index contributed by atoms with van der Waals surface area (Å²) in [6, 6.07) is 10.7. The first-order chi connectivity index (χ1) is 16.0. The highest BCUT2D eigenvalue weighted by atomic mass is 32.1. The minimum Gasteiger partial charge on any atom is -0.497 e. The van der Waals surface area contributed by atoms with Gasteiger partial charge in [0.1, 0.15) is 22.1 Å². The molecule has 0 fully saturated rings. The predicted molar refractivity (Wildman–Crippen MR) is 126 cm³/mol. The quantitative estimate of drug-likeness (QED) is 0.338. The second-order valence-electron chi connectivity index (χ2n) is 6.74. The van der Waals surface area contributed by atoms with Crippen molar-refractivity contribution in [2.45, 2.75) is 13.3 Å². The number of hydrogen-bond acceptors (Lipinski definition) is 7. The van der Waals surface area contributed by atoms with Crippen LogP contribution in [0.25, 0.3) is 17.2 Å². The number of carbonyl (C=O) groups excluding carboxylic acids is 3. The number of rotatable bonds is 10. The highest BCUT2D eigenvalue weighted by Gasteiger charge is 2.22. The molecule has 2 heterocycles. The maximum atomic E-state index is 12.6. The van der Waals surface area contributed by atoms with E-state index in [0.29, 0.717) is 27.6 Å². The van der Waals surface area contributed by atoms with Gasteiger partial charge in [0.05, 0.1) is 20.0 Å². The number of hydrogen-bond donors (Lipinski definition) is 2. The summed E-state index contributed by atoms with van der Waals surface area (Å²) in [4.78, 5) is 36.9. The lowest BCUT2D eigenvalue weighted by atomic mass is 10.0. The van der Waals surface area contributed by atoms with Gasteiger partial charge in [-0.15, -0.1) is 11.3 Å². The summed E-state index contributed by atoms with van der Waals surface area (Å²) in [5.74, 6) is 0.0561. The van der Waals surface area contributed by atoms with E-state index in [1.165, 1.54) is 29.8 Å². The van der Waals surface area contributed by atoms with Gasteiger partial charge in [0.2, 0.25) is 11.8 Å². The minimum atomic E-state index is -0.517. The zero-order valence-electron chi connectivity index (χ0n) is 18.3. The number of carbonyl (C=O) groups is 3. The van der Waals surface area contributed by atoms with Crippen molar-refractivity contribution in [2.75, 3.05) is 25.6 Å². The molecule has 0 radical (unpaired) electrons. The molecule has 2 amide bonds. The van der Waals surface area contributed by atoms with Crippen LogP contribution < -0.4 is 15.4 Å². The number of nitrogens with one attached hydrogen (secondary N) is 2. The first-order valence-corrected chi connectivity index (χ1v) is 11.1. The SMILES string of the molecule is CCOC(=O)c1c(-c2ccc(OC)cc2)csc1NC(=O)CCNC(=O)/C=C/c1ccco1. The lowest BCUT2D eigenvalue weighted by molar-refractivity contribution is -0.117. The van der Waals surface area contributed by atoms with Crippen molar-refractivity contribution in [2.24, 2.45) is 0 Å². The normalized spacial score (nSPS) is 10.7. The molecule has 8 nitrogen and oxygen atoms in total. The van der Waals surface area contributed by atoms with Gasteiger partial charge < -0.3 is 24.5 Å². The molecule has 0 bridgehead atoms. The Morgan fingerprint density at radius 1 is 1.15 bits per heavy atom. The molecule has 2 aromatic heterocycles. The molecule has 0 saturated heterocycles. The molecular weight excluding hydrogens is 444 g/mol. The van der Waals surface area contributed by atoms with Crippen molar-refractivity contribution in [3.63, 3.8) is 0 Å². The Kier molecular flexibility index (Phi) is 8.43. The van der Waals surface area contributed by atoms with E-state index in [4.69, 9.17) is 13.9 Å². The zero-order chi connectivity index (χ0) is 23.6. The first kappa shape index (κ1) is 23.8. The summed E-state index contributed by atoms with van der Waals surface area (Å²) < 4.78 is 15.5. The maximum absolute atomic E-state index is 12.6. The fraction of sp³-hybridized carbons (Fsp3) is 0.208. The third kappa shape index (κ3) is 6.56. The van der Waals surface area contributed by atoms with Crippen LogP contribution in [0.1, 0.15) is 29.5 Å². The number of anilines is 1. The van der Waals surface area contributed by atoms with E-state index in [-0.39, 0.29) is 31.4 Å². The van der Waals surface area contributed by atoms with Crippen molar-refractivity contribution < 1.29 is 28.3 Å². The fourth-order valence-corrected chi connectivity index (χ4v) is 3.90. The summed E-state index contributed by atoms with van der Waals surface area (Å²) in [6.45, 7) is 2.07. The van der Waals surface area contributed by atoms with Crippen LogP contribution in [0.5, 0.6) is 5.75 Å². The van der Waals surface area contributed by atoms with Gasteiger partial charge in [-0.05, 0) is 42.8 Å². The summed E-state index contributed by atoms with van der Waals surface area (Å²) in [5, 5.41) is 7.59. The van der Waals surface area contributed by atoms with Gasteiger partial charge in [-0.25, -0.2) is 4.79 Å². The molecule has 33 heavy (non-hydrogen) atoms. The second kappa shape index (κ2) is 11.7. The smallest absolute Gasteiger partial charge is 0.341 e. The largest absolute Gasteiger partial charge is 0.497 e. The van der Waals surface area contributed by atoms with Crippen molar-refractivity contribution >= 4 is 40.2 Å². The van der Waals surface area contributed by atoms with E-state index in [0.717, 1.165) is 5.56 Å². The highest BCUT2D eigenvalue weighted by molar-refractivity contribution is 7.15. The van der Waals surface area contributed by atoms with Gasteiger partial charge in [-0.1, -0.05) is 12.1 Å². The summed E-state index contributed by atoms with van der Waals surface area (Å²) in [5.41, 5.74) is 1.75. The first-order valence-electron chi connectivity index (χ1n) is 10.2. The van der Waals surface area contributed by atoms with Gasteiger partial charge in [0.15, 0.2) is 0 Å². The Labute approximate surface area is 195 Å². The minimum absolute atomic E-state index is 0.0400. The van der Waals surface area contributed by atoms with Crippen LogP contribution in [0, 0.1) is 0 Å². The summed E-state index contributed by atoms with van der Waals surface area (Å²) in [6.07, 6.45) is 4.42. The lowest BCUT2D eigenvalue weighted by Gasteiger charge is -2.09. The molecule has 0 aliphatic carbocycles. The Balaban J connectivity index is 1.64. The van der Waals surface area contributed by atoms with Gasteiger partial charge in [0, 0.05) is 30.0 Å². The van der Waals surface area contributed by atoms with Crippen LogP contribution in [0.2, 0.25) is 0 Å². The van der Waals surface area contributed by atoms with Crippen molar-refractivity contribution in [3.05, 3.63) is 65.4 Å². The molecule has 0 atom stereocenters. The van der Waals surface area contributed by atoms with Gasteiger partial charge in [-0.3, -0.25) is 9.59 Å².